The van der Waals surface area contributed by atoms with Gasteiger partial charge in [0.25, 0.3) is 0 Å². The van der Waals surface area contributed by atoms with E-state index in [-0.39, 0.29) is 34.1 Å². The predicted octanol–water partition coefficient (Wildman–Crippen LogP) is 2.59. The lowest BCUT2D eigenvalue weighted by molar-refractivity contribution is -0.128. The minimum absolute atomic E-state index is 0.0133. The van der Waals surface area contributed by atoms with Gasteiger partial charge in [0.1, 0.15) is 5.75 Å². The molecule has 0 unspecified atom stereocenters. The molecule has 0 spiro atoms. The summed E-state index contributed by atoms with van der Waals surface area (Å²) in [7, 11) is 0. The summed E-state index contributed by atoms with van der Waals surface area (Å²) in [5, 5.41) is 28.2. The number of carboxylic acid groups (broad SMARTS) is 3. The standard InChI is InChI=1S/C18H14O8/c1-3-9-13(17(22)23)14(18(24)25)10-6-5-8(16(20)21)7-11(10)15(9)26-12(19)4-2/h4-7H,2-3H2,1H3,(H,20,21)(H,22,23)(H,24,25). The summed E-state index contributed by atoms with van der Waals surface area (Å²) in [6.45, 7) is 4.82. The average molecular weight is 358 g/mol. The van der Waals surface area contributed by atoms with Crippen LogP contribution in [0.4, 0.5) is 0 Å². The van der Waals surface area contributed by atoms with Gasteiger partial charge in [0.15, 0.2) is 0 Å². The van der Waals surface area contributed by atoms with Gasteiger partial charge in [-0.1, -0.05) is 19.6 Å². The molecule has 0 aromatic heterocycles. The molecule has 0 atom stereocenters. The van der Waals surface area contributed by atoms with E-state index in [0.717, 1.165) is 18.2 Å². The smallest absolute Gasteiger partial charge is 0.337 e. The normalized spacial score (nSPS) is 10.3. The van der Waals surface area contributed by atoms with E-state index >= 15 is 0 Å². The number of carboxylic acids is 3. The molecule has 26 heavy (non-hydrogen) atoms. The van der Waals surface area contributed by atoms with Crippen LogP contribution in [0.1, 0.15) is 43.6 Å². The third kappa shape index (κ3) is 3.12. The maximum atomic E-state index is 11.7. The van der Waals surface area contributed by atoms with Crippen LogP contribution in [0.25, 0.3) is 10.8 Å². The lowest BCUT2D eigenvalue weighted by Gasteiger charge is -2.17. The van der Waals surface area contributed by atoms with Crippen molar-refractivity contribution in [1.82, 2.24) is 0 Å². The van der Waals surface area contributed by atoms with Gasteiger partial charge in [-0.05, 0) is 18.6 Å². The molecular formula is C18H14O8. The number of rotatable bonds is 6. The lowest BCUT2D eigenvalue weighted by atomic mass is 9.90. The average Bonchev–Trinajstić information content (AvgIpc) is 2.59. The molecule has 0 fully saturated rings. The highest BCUT2D eigenvalue weighted by molar-refractivity contribution is 6.15. The maximum absolute atomic E-state index is 11.7. The van der Waals surface area contributed by atoms with Gasteiger partial charge in [-0.2, -0.15) is 0 Å². The van der Waals surface area contributed by atoms with Crippen molar-refractivity contribution < 1.29 is 39.2 Å². The van der Waals surface area contributed by atoms with E-state index in [1.165, 1.54) is 6.07 Å². The Labute approximate surface area is 146 Å². The Kier molecular flexibility index (Phi) is 5.06. The van der Waals surface area contributed by atoms with Crippen LogP contribution in [0.3, 0.4) is 0 Å². The van der Waals surface area contributed by atoms with Crippen LogP contribution >= 0.6 is 0 Å². The largest absolute Gasteiger partial charge is 0.478 e. The fourth-order valence-electron chi connectivity index (χ4n) is 2.70. The van der Waals surface area contributed by atoms with Gasteiger partial charge in [0.2, 0.25) is 0 Å². The minimum atomic E-state index is -1.50. The van der Waals surface area contributed by atoms with Crippen LogP contribution < -0.4 is 4.74 Å². The third-order valence-electron chi connectivity index (χ3n) is 3.76. The number of hydrogen-bond acceptors (Lipinski definition) is 5. The quantitative estimate of drug-likeness (QED) is 0.407. The summed E-state index contributed by atoms with van der Waals surface area (Å²) in [6.07, 6.45) is 0.896. The highest BCUT2D eigenvalue weighted by Gasteiger charge is 2.28. The molecular weight excluding hydrogens is 344 g/mol. The summed E-state index contributed by atoms with van der Waals surface area (Å²) >= 11 is 0. The summed E-state index contributed by atoms with van der Waals surface area (Å²) in [4.78, 5) is 46.4. The lowest BCUT2D eigenvalue weighted by Crippen LogP contribution is -2.16. The van der Waals surface area contributed by atoms with Gasteiger partial charge < -0.3 is 20.1 Å². The number of fused-ring (bicyclic) bond motifs is 1. The van der Waals surface area contributed by atoms with E-state index in [4.69, 9.17) is 4.74 Å². The molecule has 0 amide bonds. The first-order chi connectivity index (χ1) is 12.2. The van der Waals surface area contributed by atoms with Gasteiger partial charge in [-0.3, -0.25) is 0 Å². The van der Waals surface area contributed by atoms with Crippen molar-refractivity contribution in [3.05, 3.63) is 53.1 Å². The highest BCUT2D eigenvalue weighted by Crippen LogP contribution is 2.38. The first-order valence-electron chi connectivity index (χ1n) is 7.39. The Morgan fingerprint density at radius 1 is 1.00 bits per heavy atom. The summed E-state index contributed by atoms with van der Waals surface area (Å²) in [5.41, 5.74) is -1.21. The Hall–Kier alpha value is -3.68. The molecule has 0 heterocycles. The zero-order valence-corrected chi connectivity index (χ0v) is 13.6. The van der Waals surface area contributed by atoms with Gasteiger partial charge >= 0.3 is 23.9 Å². The van der Waals surface area contributed by atoms with Gasteiger partial charge in [-0.15, -0.1) is 0 Å². The molecule has 0 aliphatic heterocycles. The second kappa shape index (κ2) is 7.06. The van der Waals surface area contributed by atoms with Gasteiger partial charge in [0, 0.05) is 22.4 Å². The molecule has 2 rings (SSSR count). The first-order valence-corrected chi connectivity index (χ1v) is 7.39. The number of benzene rings is 2. The van der Waals surface area contributed by atoms with E-state index in [9.17, 15) is 34.5 Å². The third-order valence-corrected chi connectivity index (χ3v) is 3.76. The van der Waals surface area contributed by atoms with Crippen molar-refractivity contribution in [2.45, 2.75) is 13.3 Å². The van der Waals surface area contributed by atoms with Crippen LogP contribution in [0.5, 0.6) is 5.75 Å². The number of ether oxygens (including phenoxy) is 1. The van der Waals surface area contributed by atoms with Crippen molar-refractivity contribution in [2.75, 3.05) is 0 Å². The topological polar surface area (TPSA) is 138 Å². The molecule has 3 N–H and O–H groups in total. The second-order valence-electron chi connectivity index (χ2n) is 5.21. The summed E-state index contributed by atoms with van der Waals surface area (Å²) in [6, 6.07) is 3.47. The summed E-state index contributed by atoms with van der Waals surface area (Å²) < 4.78 is 5.15. The number of esters is 1. The Morgan fingerprint density at radius 3 is 2.08 bits per heavy atom. The van der Waals surface area contributed by atoms with Crippen LogP contribution in [0.15, 0.2) is 30.9 Å². The fourth-order valence-corrected chi connectivity index (χ4v) is 2.70. The predicted molar refractivity (Wildman–Crippen MR) is 90.0 cm³/mol. The molecule has 0 saturated heterocycles. The molecule has 2 aromatic carbocycles. The van der Waals surface area contributed by atoms with Crippen molar-refractivity contribution >= 4 is 34.6 Å². The molecule has 0 aliphatic rings. The Balaban J connectivity index is 3.10. The first kappa shape index (κ1) is 18.7. The number of hydrogen-bond donors (Lipinski definition) is 3. The fraction of sp³-hybridized carbons (Fsp3) is 0.111. The van der Waals surface area contributed by atoms with Crippen molar-refractivity contribution in [1.29, 1.82) is 0 Å². The second-order valence-corrected chi connectivity index (χ2v) is 5.21. The van der Waals surface area contributed by atoms with Gasteiger partial charge in [0.05, 0.1) is 16.7 Å². The molecule has 0 bridgehead atoms. The molecule has 0 radical (unpaired) electrons. The van der Waals surface area contributed by atoms with Gasteiger partial charge in [-0.25, -0.2) is 19.2 Å². The maximum Gasteiger partial charge on any atom is 0.337 e. The Morgan fingerprint density at radius 2 is 1.62 bits per heavy atom. The molecule has 8 heteroatoms. The Bertz CT molecular complexity index is 971. The van der Waals surface area contributed by atoms with E-state index < -0.39 is 35.0 Å². The zero-order valence-electron chi connectivity index (χ0n) is 13.6. The van der Waals surface area contributed by atoms with E-state index in [2.05, 4.69) is 6.58 Å². The van der Waals surface area contributed by atoms with Crippen LogP contribution in [-0.2, 0) is 11.2 Å². The number of aromatic carboxylic acids is 3. The van der Waals surface area contributed by atoms with Crippen molar-refractivity contribution in [3.8, 4) is 5.75 Å². The number of carbonyl (C=O) groups excluding carboxylic acids is 1. The monoisotopic (exact) mass is 358 g/mol. The SMILES string of the molecule is C=CC(=O)Oc1c(CC)c(C(=O)O)c(C(=O)O)c2ccc(C(=O)O)cc12. The van der Waals surface area contributed by atoms with E-state index in [1.54, 1.807) is 6.92 Å². The number of carbonyl (C=O) groups is 4. The molecule has 0 aliphatic carbocycles. The van der Waals surface area contributed by atoms with Crippen LogP contribution in [0, 0.1) is 0 Å². The minimum Gasteiger partial charge on any atom is -0.478 e. The molecule has 2 aromatic rings. The van der Waals surface area contributed by atoms with Crippen molar-refractivity contribution in [2.24, 2.45) is 0 Å². The highest BCUT2D eigenvalue weighted by atomic mass is 16.5. The van der Waals surface area contributed by atoms with Crippen molar-refractivity contribution in [3.63, 3.8) is 0 Å². The summed E-state index contributed by atoms with van der Waals surface area (Å²) in [5.74, 6) is -5.35. The molecule has 0 saturated carbocycles. The molecule has 134 valence electrons. The van der Waals surface area contributed by atoms with E-state index in [0.29, 0.717) is 0 Å². The van der Waals surface area contributed by atoms with Crippen LogP contribution in [-0.4, -0.2) is 39.2 Å². The zero-order chi connectivity index (χ0) is 19.6. The van der Waals surface area contributed by atoms with E-state index in [1.807, 2.05) is 0 Å². The molecule has 8 nitrogen and oxygen atoms in total. The van der Waals surface area contributed by atoms with Crippen LogP contribution in [0.2, 0.25) is 0 Å².